The maximum absolute atomic E-state index is 11.8. The highest BCUT2D eigenvalue weighted by Gasteiger charge is 2.15. The molecule has 0 fully saturated rings. The summed E-state index contributed by atoms with van der Waals surface area (Å²) in [6.07, 6.45) is 12.5. The van der Waals surface area contributed by atoms with Crippen LogP contribution < -0.4 is 17.7 Å². The molecule has 0 bridgehead atoms. The monoisotopic (exact) mass is 348 g/mol. The van der Waals surface area contributed by atoms with E-state index in [2.05, 4.69) is 33.1 Å². The summed E-state index contributed by atoms with van der Waals surface area (Å²) in [7, 11) is 2.26. The molecule has 0 saturated carbocycles. The van der Waals surface area contributed by atoms with Crippen molar-refractivity contribution in [1.82, 2.24) is 5.32 Å². The fraction of sp³-hybridized carbons (Fsp3) is 0.947. The van der Waals surface area contributed by atoms with E-state index in [4.69, 9.17) is 0 Å². The van der Waals surface area contributed by atoms with Gasteiger partial charge in [-0.25, -0.2) is 0 Å². The van der Waals surface area contributed by atoms with Crippen molar-refractivity contribution >= 4 is 5.91 Å². The van der Waals surface area contributed by atoms with E-state index in [-0.39, 0.29) is 18.3 Å². The van der Waals surface area contributed by atoms with Gasteiger partial charge in [-0.1, -0.05) is 58.3 Å². The Balaban J connectivity index is 0. The van der Waals surface area contributed by atoms with Crippen molar-refractivity contribution in [1.29, 1.82) is 0 Å². The summed E-state index contributed by atoms with van der Waals surface area (Å²) >= 11 is 0. The number of likely N-dealkylation sites (N-methyl/N-ethyl adjacent to an activating group) is 1. The van der Waals surface area contributed by atoms with Crippen LogP contribution in [-0.2, 0) is 4.79 Å². The number of carbonyl (C=O) groups is 1. The number of rotatable bonds is 15. The number of quaternary nitrogens is 1. The van der Waals surface area contributed by atoms with Crippen molar-refractivity contribution in [3.05, 3.63) is 0 Å². The van der Waals surface area contributed by atoms with Crippen LogP contribution in [-0.4, -0.2) is 43.6 Å². The van der Waals surface area contributed by atoms with Gasteiger partial charge in [-0.3, -0.25) is 4.79 Å². The molecule has 3 nitrogen and oxygen atoms in total. The highest BCUT2D eigenvalue weighted by molar-refractivity contribution is 5.75. The molecule has 0 aromatic carbocycles. The molecule has 0 heterocycles. The Labute approximate surface area is 151 Å². The lowest BCUT2D eigenvalue weighted by molar-refractivity contribution is -0.904. The van der Waals surface area contributed by atoms with Gasteiger partial charge in [-0.2, -0.15) is 0 Å². The summed E-state index contributed by atoms with van der Waals surface area (Å²) in [6.45, 7) is 10.8. The smallest absolute Gasteiger partial charge is 0.220 e. The van der Waals surface area contributed by atoms with Crippen LogP contribution in [0.2, 0.25) is 0 Å². The molecule has 0 aliphatic rings. The Morgan fingerprint density at radius 1 is 0.826 bits per heavy atom. The van der Waals surface area contributed by atoms with E-state index in [0.717, 1.165) is 37.1 Å². The van der Waals surface area contributed by atoms with Gasteiger partial charge in [0.25, 0.3) is 0 Å². The zero-order chi connectivity index (χ0) is 16.7. The second-order valence-electron chi connectivity index (χ2n) is 6.90. The third kappa shape index (κ3) is 15.0. The summed E-state index contributed by atoms with van der Waals surface area (Å²) in [5, 5.41) is 3.08. The lowest BCUT2D eigenvalue weighted by Gasteiger charge is -2.32. The lowest BCUT2D eigenvalue weighted by Crippen LogP contribution is -3.00. The van der Waals surface area contributed by atoms with Gasteiger partial charge in [0.15, 0.2) is 0 Å². The van der Waals surface area contributed by atoms with E-state index < -0.39 is 0 Å². The van der Waals surface area contributed by atoms with Crippen LogP contribution in [0, 0.1) is 0 Å². The van der Waals surface area contributed by atoms with E-state index in [1.807, 2.05) is 0 Å². The molecule has 0 radical (unpaired) electrons. The van der Waals surface area contributed by atoms with Crippen LogP contribution in [0.3, 0.4) is 0 Å². The average Bonchev–Trinajstić information content (AvgIpc) is 2.53. The summed E-state index contributed by atoms with van der Waals surface area (Å²) in [5.74, 6) is 0.238. The van der Waals surface area contributed by atoms with Crippen molar-refractivity contribution in [2.24, 2.45) is 0 Å². The molecule has 0 saturated heterocycles. The quantitative estimate of drug-likeness (QED) is 0.353. The van der Waals surface area contributed by atoms with Gasteiger partial charge in [0.05, 0.1) is 33.2 Å². The first-order valence-electron chi connectivity index (χ1n) is 9.68. The van der Waals surface area contributed by atoms with Gasteiger partial charge in [0.2, 0.25) is 5.91 Å². The minimum absolute atomic E-state index is 0. The van der Waals surface area contributed by atoms with Crippen LogP contribution in [0.4, 0.5) is 0 Å². The maximum atomic E-state index is 11.8. The molecule has 0 aliphatic heterocycles. The fourth-order valence-corrected chi connectivity index (χ4v) is 2.69. The average molecular weight is 349 g/mol. The minimum Gasteiger partial charge on any atom is -1.00 e. The first-order chi connectivity index (χ1) is 10.6. The molecule has 0 aromatic heterocycles. The predicted molar refractivity (Wildman–Crippen MR) is 97.0 cm³/mol. The lowest BCUT2D eigenvalue weighted by atomic mass is 10.1. The standard InChI is InChI=1S/C19H40N2O.ClH/c1-5-8-9-10-11-12-13-14-15-16-19(22)20-17-18-21(4,6-2)7-3;/h5-18H2,1-4H3;1H. The molecule has 4 heteroatoms. The second-order valence-corrected chi connectivity index (χ2v) is 6.90. The zero-order valence-electron chi connectivity index (χ0n) is 16.1. The third-order valence-corrected chi connectivity index (χ3v) is 5.01. The van der Waals surface area contributed by atoms with E-state index in [1.165, 1.54) is 51.4 Å². The molecule has 1 N–H and O–H groups in total. The van der Waals surface area contributed by atoms with Crippen molar-refractivity contribution < 1.29 is 21.7 Å². The third-order valence-electron chi connectivity index (χ3n) is 5.01. The number of unbranched alkanes of at least 4 members (excludes halogenated alkanes) is 8. The summed E-state index contributed by atoms with van der Waals surface area (Å²) < 4.78 is 1.04. The van der Waals surface area contributed by atoms with E-state index in [0.29, 0.717) is 6.42 Å². The van der Waals surface area contributed by atoms with Crippen molar-refractivity contribution in [3.8, 4) is 0 Å². The second kappa shape index (κ2) is 16.6. The maximum Gasteiger partial charge on any atom is 0.220 e. The molecule has 0 unspecified atom stereocenters. The minimum atomic E-state index is 0. The van der Waals surface area contributed by atoms with Gasteiger partial charge in [0.1, 0.15) is 0 Å². The molecule has 0 rings (SSSR count). The molecule has 1 amide bonds. The molecular weight excluding hydrogens is 308 g/mol. The zero-order valence-corrected chi connectivity index (χ0v) is 16.9. The van der Waals surface area contributed by atoms with E-state index >= 15 is 0 Å². The Kier molecular flexibility index (Phi) is 18.0. The molecule has 0 atom stereocenters. The molecule has 140 valence electrons. The van der Waals surface area contributed by atoms with E-state index in [1.54, 1.807) is 0 Å². The van der Waals surface area contributed by atoms with Crippen molar-refractivity contribution in [3.63, 3.8) is 0 Å². The van der Waals surface area contributed by atoms with Crippen molar-refractivity contribution in [2.45, 2.75) is 85.0 Å². The number of amides is 1. The highest BCUT2D eigenvalue weighted by Crippen LogP contribution is 2.10. The molecule has 0 aliphatic carbocycles. The Morgan fingerprint density at radius 3 is 1.78 bits per heavy atom. The van der Waals surface area contributed by atoms with Gasteiger partial charge >= 0.3 is 0 Å². The fourth-order valence-electron chi connectivity index (χ4n) is 2.69. The number of nitrogens with one attached hydrogen (secondary N) is 1. The number of hydrogen-bond donors (Lipinski definition) is 1. The van der Waals surface area contributed by atoms with Crippen LogP contribution >= 0.6 is 0 Å². The molecule has 23 heavy (non-hydrogen) atoms. The van der Waals surface area contributed by atoms with Crippen LogP contribution in [0.15, 0.2) is 0 Å². The largest absolute Gasteiger partial charge is 1.00 e. The normalized spacial score (nSPS) is 11.1. The topological polar surface area (TPSA) is 29.1 Å². The number of hydrogen-bond acceptors (Lipinski definition) is 1. The van der Waals surface area contributed by atoms with Crippen LogP contribution in [0.1, 0.15) is 85.0 Å². The van der Waals surface area contributed by atoms with Gasteiger partial charge in [-0.05, 0) is 20.3 Å². The van der Waals surface area contributed by atoms with Crippen LogP contribution in [0.25, 0.3) is 0 Å². The molecule has 0 spiro atoms. The number of nitrogens with zero attached hydrogens (tertiary/aromatic N) is 1. The van der Waals surface area contributed by atoms with E-state index in [9.17, 15) is 4.79 Å². The Morgan fingerprint density at radius 2 is 1.30 bits per heavy atom. The van der Waals surface area contributed by atoms with Gasteiger partial charge in [-0.15, -0.1) is 0 Å². The summed E-state index contributed by atoms with van der Waals surface area (Å²) in [5.41, 5.74) is 0. The number of carbonyl (C=O) groups excluding carboxylic acids is 1. The Bertz CT molecular complexity index is 268. The molecular formula is C19H41ClN2O. The Hall–Kier alpha value is -0.280. The van der Waals surface area contributed by atoms with Gasteiger partial charge in [0, 0.05) is 6.42 Å². The SMILES string of the molecule is CCCCCCCCCCCC(=O)NCC[N+](C)(CC)CC.[Cl-]. The van der Waals surface area contributed by atoms with Gasteiger partial charge < -0.3 is 22.2 Å². The highest BCUT2D eigenvalue weighted by atomic mass is 35.5. The van der Waals surface area contributed by atoms with Crippen molar-refractivity contribution in [2.75, 3.05) is 33.2 Å². The first-order valence-corrected chi connectivity index (χ1v) is 9.68. The summed E-state index contributed by atoms with van der Waals surface area (Å²) in [6, 6.07) is 0. The first kappa shape index (κ1) is 25.0. The summed E-state index contributed by atoms with van der Waals surface area (Å²) in [4.78, 5) is 11.8. The molecule has 0 aromatic rings. The van der Waals surface area contributed by atoms with Crippen LogP contribution in [0.5, 0.6) is 0 Å². The number of halogens is 1. The predicted octanol–water partition coefficient (Wildman–Crippen LogP) is 1.51.